The van der Waals surface area contributed by atoms with Crippen LogP contribution in [0.15, 0.2) is 81.3 Å². The van der Waals surface area contributed by atoms with Crippen LogP contribution in [-0.4, -0.2) is 208 Å². The summed E-state index contributed by atoms with van der Waals surface area (Å²) in [4.78, 5) is 150. The summed E-state index contributed by atoms with van der Waals surface area (Å²) in [5.41, 5.74) is 3.70. The van der Waals surface area contributed by atoms with Gasteiger partial charge in [0.15, 0.2) is 18.1 Å². The summed E-state index contributed by atoms with van der Waals surface area (Å²) in [7, 11) is 4.84. The van der Waals surface area contributed by atoms with Gasteiger partial charge in [-0.2, -0.15) is 4.73 Å². The third-order valence-corrected chi connectivity index (χ3v) is 22.5. The Morgan fingerprint density at radius 2 is 1.54 bits per heavy atom. The van der Waals surface area contributed by atoms with Crippen molar-refractivity contribution in [3.63, 3.8) is 0 Å². The smallest absolute Gasteiger partial charge is 0.358 e. The lowest BCUT2D eigenvalue weighted by atomic mass is 9.85. The topological polar surface area (TPSA) is 469 Å². The van der Waals surface area contributed by atoms with Gasteiger partial charge in [0.2, 0.25) is 11.8 Å². The number of likely N-dealkylation sites (N-methyl/N-ethyl adjacent to an activating group) is 1. The molecule has 6 amide bonds. The lowest BCUT2D eigenvalue weighted by molar-refractivity contribution is -0.280. The van der Waals surface area contributed by atoms with Gasteiger partial charge in [0.05, 0.1) is 43.1 Å². The molecule has 0 aliphatic carbocycles. The standard InChI is InChI=1S/C68H70N16O18S5/c1-28(85)46-60(92)81-47(29(2)97-7)63-76-41(27-105-63)59(91)82-50-52-53(102-44-18-68(4,95)54(83(5)6)30(3)101-44)67(94)99-20-31-11-10-13-42-45(31)34(21-98-52)51(84(42)96)66(93)100-22-36(73-57(89)39-26-107-65(50)78-39)62-74-37(23-104-62)48-33(61-75-40(24-103-61)58(90)80-46)17-43(86)49(79-48)64-77-38(25-106-64)56(88)72-35(55(69)87)19-70-16-14-32-12-8-9-15-71-32/h8-13,15,17,23-28,30,35-36,44,46,50,52-54,70,85-86,95-96H,14,16,18-22H2,1-7H3,(H2,69,87)(H,72,88)(H,73,89)(H,80,90)(H,81,92)(H,82,91)/t28?,30-,35?,36?,44-,46?,50?,52?,53?,54+,68-/m0/s1. The molecule has 12 N–H and O–H groups in total. The summed E-state index contributed by atoms with van der Waals surface area (Å²) in [6, 6.07) is 4.93. The van der Waals surface area contributed by atoms with Crippen LogP contribution in [0.4, 0.5) is 0 Å². The van der Waals surface area contributed by atoms with Crippen LogP contribution in [0.2, 0.25) is 0 Å². The van der Waals surface area contributed by atoms with Crippen molar-refractivity contribution in [1.29, 1.82) is 0 Å². The lowest BCUT2D eigenvalue weighted by Gasteiger charge is -2.48. The molecule has 1 saturated heterocycles. The number of esters is 2. The fourth-order valence-corrected chi connectivity index (χ4v) is 17.1. The molecule has 0 saturated carbocycles. The Kier molecular flexibility index (Phi) is 22.0. The average molecular weight is 1560 g/mol. The number of methoxy groups -OCH3 is 1. The molecule has 7 unspecified atom stereocenters. The van der Waals surface area contributed by atoms with Crippen molar-refractivity contribution in [2.75, 3.05) is 40.9 Å². The van der Waals surface area contributed by atoms with E-state index < -0.39 is 145 Å². The van der Waals surface area contributed by atoms with Crippen molar-refractivity contribution in [1.82, 2.24) is 76.4 Å². The number of ether oxygens (including phenoxy) is 6. The van der Waals surface area contributed by atoms with E-state index in [4.69, 9.17) is 49.1 Å². The van der Waals surface area contributed by atoms with Gasteiger partial charge in [0, 0.05) is 81.2 Å². The molecule has 0 radical (unpaired) electrons. The van der Waals surface area contributed by atoms with Gasteiger partial charge >= 0.3 is 11.9 Å². The van der Waals surface area contributed by atoms with E-state index in [-0.39, 0.29) is 111 Å². The summed E-state index contributed by atoms with van der Waals surface area (Å²) in [6.45, 7) is 4.60. The second kappa shape index (κ2) is 31.3. The Balaban J connectivity index is 0.939. The number of cyclic esters (lactones) is 2. The van der Waals surface area contributed by atoms with E-state index in [1.54, 1.807) is 57.2 Å². The van der Waals surface area contributed by atoms with E-state index >= 15 is 19.2 Å². The first-order valence-electron chi connectivity index (χ1n) is 33.1. The van der Waals surface area contributed by atoms with Gasteiger partial charge in [-0.05, 0) is 71.6 Å². The average Bonchev–Trinajstić information content (AvgIpc) is 1.64. The molecule has 12 heterocycles. The Labute approximate surface area is 627 Å². The number of aliphatic hydroxyl groups excluding tert-OH is 1. The van der Waals surface area contributed by atoms with Gasteiger partial charge in [0.25, 0.3) is 23.6 Å². The summed E-state index contributed by atoms with van der Waals surface area (Å²) in [6.07, 6.45) is -5.41. The van der Waals surface area contributed by atoms with Crippen molar-refractivity contribution >= 4 is 121 Å². The van der Waals surface area contributed by atoms with Crippen LogP contribution in [0, 0.1) is 0 Å². The third kappa shape index (κ3) is 15.7. The summed E-state index contributed by atoms with van der Waals surface area (Å²) in [5, 5.41) is 71.4. The number of aromatic hydroxyl groups is 1. The van der Waals surface area contributed by atoms with E-state index in [1.165, 1.54) is 60.0 Å². The molecule has 107 heavy (non-hydrogen) atoms. The quantitative estimate of drug-likeness (QED) is 0.0317. The number of carbonyl (C=O) groups is 8. The number of hydrogen-bond donors (Lipinski definition) is 11. The van der Waals surface area contributed by atoms with E-state index in [1.807, 2.05) is 12.1 Å². The molecule has 0 spiro atoms. The maximum Gasteiger partial charge on any atom is 0.358 e. The number of nitrogens with one attached hydrogen (secondary N) is 6. The van der Waals surface area contributed by atoms with Crippen molar-refractivity contribution in [3.05, 3.63) is 142 Å². The first kappa shape index (κ1) is 75.1. The minimum absolute atomic E-state index is 0.000744. The number of thiazole rings is 5. The number of primary amides is 1. The monoisotopic (exact) mass is 1560 g/mol. The fourth-order valence-electron chi connectivity index (χ4n) is 12.9. The zero-order chi connectivity index (χ0) is 75.9. The van der Waals surface area contributed by atoms with Gasteiger partial charge in [0.1, 0.15) is 126 Å². The maximum atomic E-state index is 15.2. The molecule has 4 aliphatic rings. The van der Waals surface area contributed by atoms with Crippen LogP contribution in [-0.2, 0) is 62.4 Å². The van der Waals surface area contributed by atoms with E-state index in [2.05, 4.69) is 51.8 Å². The molecule has 39 heteroatoms. The largest absolute Gasteiger partial charge is 0.506 e. The van der Waals surface area contributed by atoms with Crippen LogP contribution in [0.3, 0.4) is 0 Å². The highest BCUT2D eigenvalue weighted by molar-refractivity contribution is 7.14. The van der Waals surface area contributed by atoms with E-state index in [9.17, 15) is 39.7 Å². The Hall–Kier alpha value is -10.2. The SMILES string of the molecule is COC(C)=C1NC(=O)C(C(C)O)NC(=O)c2csc(n2)-c2cc(O)c(-c3nc(C(=O)NC(CNCCc4ccccn4)C(N)=O)cs3)nc2-c2csc(n2)C2COC(=O)c3c4c5c(cccc5n3O)COC(=O)C(O[C@H]3C[C@](C)(O)[C@H](N(C)C)[C@H](C)O3)C(OC4)C(NC(=O)c3csc1n3)c1nc(cs1)C(=O)N2. The second-order valence-corrected chi connectivity index (χ2v) is 30.1. The number of allylic oxidation sites excluding steroid dienone is 1. The number of nitrogens with zero attached hydrogens (tertiary/aromatic N) is 9. The molecule has 9 aromatic rings. The molecular weight excluding hydrogens is 1490 g/mol. The molecule has 12 bridgehead atoms. The van der Waals surface area contributed by atoms with Crippen LogP contribution in [0.1, 0.15) is 130 Å². The van der Waals surface area contributed by atoms with Crippen LogP contribution in [0.25, 0.3) is 49.3 Å². The van der Waals surface area contributed by atoms with Crippen LogP contribution in [0.5, 0.6) is 5.75 Å². The highest BCUT2D eigenvalue weighted by atomic mass is 32.1. The summed E-state index contributed by atoms with van der Waals surface area (Å²) in [5.74, 6) is -8.03. The number of rotatable bonds is 14. The van der Waals surface area contributed by atoms with Gasteiger partial charge in [-0.25, -0.2) is 39.5 Å². The molecule has 1 fully saturated rings. The van der Waals surface area contributed by atoms with E-state index in [0.717, 1.165) is 62.4 Å². The van der Waals surface area contributed by atoms with Crippen LogP contribution < -0.4 is 37.6 Å². The highest BCUT2D eigenvalue weighted by Crippen LogP contribution is 2.43. The molecule has 560 valence electrons. The number of fused-ring (bicyclic) bond motifs is 15. The van der Waals surface area contributed by atoms with Crippen molar-refractivity contribution in [2.24, 2.45) is 5.73 Å². The number of aromatic nitrogens is 8. The van der Waals surface area contributed by atoms with Crippen molar-refractivity contribution < 1.29 is 87.3 Å². The third-order valence-electron chi connectivity index (χ3n) is 18.0. The zero-order valence-corrected chi connectivity index (χ0v) is 62.0. The first-order chi connectivity index (χ1) is 51.2. The van der Waals surface area contributed by atoms with Gasteiger partial charge in [-0.1, -0.05) is 18.2 Å². The lowest BCUT2D eigenvalue weighted by Crippen LogP contribution is -2.62. The van der Waals surface area contributed by atoms with Gasteiger partial charge < -0.3 is 91.5 Å². The maximum absolute atomic E-state index is 15.2. The molecule has 4 aliphatic heterocycles. The highest BCUT2D eigenvalue weighted by Gasteiger charge is 2.50. The predicted octanol–water partition coefficient (Wildman–Crippen LogP) is 3.97. The minimum atomic E-state index is -1.92. The molecular formula is C68H70N16O18S5. The second-order valence-electron chi connectivity index (χ2n) is 25.7. The summed E-state index contributed by atoms with van der Waals surface area (Å²) < 4.78 is 38.3. The number of carbonyl (C=O) groups excluding carboxylic acids is 8. The number of nitrogens with two attached hydrogens (primary N) is 1. The number of hydrogen-bond acceptors (Lipinski definition) is 32. The molecule has 34 nitrogen and oxygen atoms in total. The minimum Gasteiger partial charge on any atom is -0.506 e. The number of benzene rings is 1. The van der Waals surface area contributed by atoms with Crippen LogP contribution >= 0.6 is 56.7 Å². The Morgan fingerprint density at radius 1 is 0.841 bits per heavy atom. The predicted molar refractivity (Wildman–Crippen MR) is 386 cm³/mol. The number of aliphatic hydroxyl groups is 2. The van der Waals surface area contributed by atoms with Crippen molar-refractivity contribution in [3.8, 4) is 38.4 Å². The molecule has 11 atom stereocenters. The zero-order valence-electron chi connectivity index (χ0n) is 57.9. The van der Waals surface area contributed by atoms with Gasteiger partial charge in [-0.3, -0.25) is 33.8 Å². The van der Waals surface area contributed by atoms with E-state index in [0.29, 0.717) is 23.3 Å². The summed E-state index contributed by atoms with van der Waals surface area (Å²) >= 11 is 4.50. The first-order valence-corrected chi connectivity index (χ1v) is 37.5. The number of pyridine rings is 2. The molecule has 8 aromatic heterocycles. The normalized spacial score (nSPS) is 23.3. The van der Waals surface area contributed by atoms with Gasteiger partial charge in [-0.15, -0.1) is 56.7 Å². The number of amides is 6. The molecule has 13 rings (SSSR count). The Morgan fingerprint density at radius 3 is 2.27 bits per heavy atom. The van der Waals surface area contributed by atoms with Crippen molar-refractivity contribution in [2.45, 2.75) is 120 Å². The molecule has 1 aromatic carbocycles. The Bertz CT molecular complexity index is 4970. The fraction of sp³-hybridized carbons (Fsp3) is 0.368.